The molecule has 0 aromatic rings. The summed E-state index contributed by atoms with van der Waals surface area (Å²) in [4.78, 5) is 14.0. The van der Waals surface area contributed by atoms with E-state index in [0.29, 0.717) is 12.5 Å². The lowest BCUT2D eigenvalue weighted by atomic mass is 9.95. The Morgan fingerprint density at radius 1 is 1.35 bits per heavy atom. The molecule has 0 saturated heterocycles. The van der Waals surface area contributed by atoms with E-state index in [1.165, 1.54) is 0 Å². The van der Waals surface area contributed by atoms with Crippen molar-refractivity contribution in [2.24, 2.45) is 17.6 Å². The molecule has 0 aromatic carbocycles. The standard InChI is InChI=1S/C13H26N2O2/c1-15(8-3-2-4-9-16)13(17)12-7-5-6-11(12)10-14/h11-12,16H,2-10,14H2,1H3. The molecular weight excluding hydrogens is 216 g/mol. The number of aliphatic hydroxyl groups is 1. The topological polar surface area (TPSA) is 66.6 Å². The van der Waals surface area contributed by atoms with Gasteiger partial charge in [-0.2, -0.15) is 0 Å². The lowest BCUT2D eigenvalue weighted by Crippen LogP contribution is -2.37. The van der Waals surface area contributed by atoms with Gasteiger partial charge in [-0.15, -0.1) is 0 Å². The number of carbonyl (C=O) groups is 1. The molecule has 4 nitrogen and oxygen atoms in total. The highest BCUT2D eigenvalue weighted by molar-refractivity contribution is 5.79. The number of unbranched alkanes of at least 4 members (excludes halogenated alkanes) is 2. The lowest BCUT2D eigenvalue weighted by molar-refractivity contribution is -0.135. The maximum Gasteiger partial charge on any atom is 0.225 e. The first-order valence-electron chi connectivity index (χ1n) is 6.76. The molecule has 0 aliphatic heterocycles. The van der Waals surface area contributed by atoms with Gasteiger partial charge in [0.15, 0.2) is 0 Å². The highest BCUT2D eigenvalue weighted by Gasteiger charge is 2.33. The molecular formula is C13H26N2O2. The Bertz CT molecular complexity index is 233. The van der Waals surface area contributed by atoms with Crippen molar-refractivity contribution in [2.75, 3.05) is 26.7 Å². The summed E-state index contributed by atoms with van der Waals surface area (Å²) >= 11 is 0. The molecule has 1 rings (SSSR count). The molecule has 17 heavy (non-hydrogen) atoms. The molecule has 1 aliphatic rings. The number of hydrogen-bond acceptors (Lipinski definition) is 3. The van der Waals surface area contributed by atoms with Crippen LogP contribution in [0.25, 0.3) is 0 Å². The Kier molecular flexibility index (Phi) is 6.52. The fraction of sp³-hybridized carbons (Fsp3) is 0.923. The molecule has 0 bridgehead atoms. The van der Waals surface area contributed by atoms with Crippen LogP contribution < -0.4 is 5.73 Å². The average molecular weight is 242 g/mol. The molecule has 0 radical (unpaired) electrons. The molecule has 0 heterocycles. The van der Waals surface area contributed by atoms with Crippen LogP contribution in [0.15, 0.2) is 0 Å². The Morgan fingerprint density at radius 2 is 2.12 bits per heavy atom. The van der Waals surface area contributed by atoms with Gasteiger partial charge in [0.25, 0.3) is 0 Å². The van der Waals surface area contributed by atoms with Crippen molar-refractivity contribution in [3.05, 3.63) is 0 Å². The van der Waals surface area contributed by atoms with Crippen LogP contribution in [0, 0.1) is 11.8 Å². The van der Waals surface area contributed by atoms with Gasteiger partial charge in [-0.05, 0) is 44.6 Å². The number of amides is 1. The van der Waals surface area contributed by atoms with Crippen LogP contribution in [0.1, 0.15) is 38.5 Å². The summed E-state index contributed by atoms with van der Waals surface area (Å²) in [6, 6.07) is 0. The van der Waals surface area contributed by atoms with Gasteiger partial charge in [-0.3, -0.25) is 4.79 Å². The second-order valence-electron chi connectivity index (χ2n) is 5.08. The lowest BCUT2D eigenvalue weighted by Gasteiger charge is -2.24. The van der Waals surface area contributed by atoms with Gasteiger partial charge < -0.3 is 15.7 Å². The number of rotatable bonds is 7. The maximum atomic E-state index is 12.2. The van der Waals surface area contributed by atoms with E-state index in [-0.39, 0.29) is 18.4 Å². The van der Waals surface area contributed by atoms with Gasteiger partial charge >= 0.3 is 0 Å². The Balaban J connectivity index is 2.30. The number of carbonyl (C=O) groups excluding carboxylic acids is 1. The Morgan fingerprint density at radius 3 is 2.76 bits per heavy atom. The first kappa shape index (κ1) is 14.5. The highest BCUT2D eigenvalue weighted by Crippen LogP contribution is 2.32. The van der Waals surface area contributed by atoms with Crippen molar-refractivity contribution >= 4 is 5.91 Å². The van der Waals surface area contributed by atoms with E-state index in [4.69, 9.17) is 10.8 Å². The number of aliphatic hydroxyl groups excluding tert-OH is 1. The molecule has 4 heteroatoms. The van der Waals surface area contributed by atoms with Gasteiger partial charge in [0.05, 0.1) is 0 Å². The summed E-state index contributed by atoms with van der Waals surface area (Å²) in [7, 11) is 1.88. The summed E-state index contributed by atoms with van der Waals surface area (Å²) < 4.78 is 0. The third kappa shape index (κ3) is 4.28. The molecule has 0 spiro atoms. The van der Waals surface area contributed by atoms with Crippen LogP contribution in [0.3, 0.4) is 0 Å². The van der Waals surface area contributed by atoms with E-state index in [1.807, 2.05) is 11.9 Å². The molecule has 1 amide bonds. The van der Waals surface area contributed by atoms with E-state index >= 15 is 0 Å². The second-order valence-corrected chi connectivity index (χ2v) is 5.08. The molecule has 2 unspecified atom stereocenters. The number of hydrogen-bond donors (Lipinski definition) is 2. The summed E-state index contributed by atoms with van der Waals surface area (Å²) in [5, 5.41) is 8.69. The molecule has 1 fully saturated rings. The van der Waals surface area contributed by atoms with Crippen LogP contribution in [0.2, 0.25) is 0 Å². The molecule has 2 atom stereocenters. The van der Waals surface area contributed by atoms with E-state index in [1.54, 1.807) is 0 Å². The third-order valence-corrected chi connectivity index (χ3v) is 3.81. The van der Waals surface area contributed by atoms with Crippen molar-refractivity contribution in [3.8, 4) is 0 Å². The first-order valence-corrected chi connectivity index (χ1v) is 6.76. The number of nitrogens with zero attached hydrogens (tertiary/aromatic N) is 1. The third-order valence-electron chi connectivity index (χ3n) is 3.81. The smallest absolute Gasteiger partial charge is 0.225 e. The van der Waals surface area contributed by atoms with Crippen LogP contribution in [-0.4, -0.2) is 42.7 Å². The highest BCUT2D eigenvalue weighted by atomic mass is 16.2. The minimum atomic E-state index is 0.155. The average Bonchev–Trinajstić information content (AvgIpc) is 2.81. The van der Waals surface area contributed by atoms with E-state index in [0.717, 1.165) is 45.1 Å². The second kappa shape index (κ2) is 7.67. The summed E-state index contributed by atoms with van der Waals surface area (Å²) in [5.41, 5.74) is 5.70. The van der Waals surface area contributed by atoms with Gasteiger partial charge in [-0.1, -0.05) is 6.42 Å². The number of nitrogens with two attached hydrogens (primary N) is 1. The molecule has 100 valence electrons. The zero-order valence-corrected chi connectivity index (χ0v) is 10.9. The zero-order valence-electron chi connectivity index (χ0n) is 10.9. The largest absolute Gasteiger partial charge is 0.396 e. The van der Waals surface area contributed by atoms with Gasteiger partial charge in [0, 0.05) is 26.1 Å². The van der Waals surface area contributed by atoms with E-state index in [9.17, 15) is 4.79 Å². The molecule has 0 aromatic heterocycles. The van der Waals surface area contributed by atoms with Crippen LogP contribution in [0.5, 0.6) is 0 Å². The van der Waals surface area contributed by atoms with E-state index in [2.05, 4.69) is 0 Å². The predicted octanol–water partition coefficient (Wildman–Crippen LogP) is 0.982. The molecule has 1 aliphatic carbocycles. The van der Waals surface area contributed by atoms with Gasteiger partial charge in [0.2, 0.25) is 5.91 Å². The van der Waals surface area contributed by atoms with Crippen molar-refractivity contribution in [3.63, 3.8) is 0 Å². The van der Waals surface area contributed by atoms with Gasteiger partial charge in [-0.25, -0.2) is 0 Å². The van der Waals surface area contributed by atoms with Crippen molar-refractivity contribution in [2.45, 2.75) is 38.5 Å². The van der Waals surface area contributed by atoms with E-state index < -0.39 is 0 Å². The van der Waals surface area contributed by atoms with Crippen LogP contribution >= 0.6 is 0 Å². The Labute approximate surface area is 104 Å². The SMILES string of the molecule is CN(CCCCCO)C(=O)C1CCCC1CN. The Hall–Kier alpha value is -0.610. The van der Waals surface area contributed by atoms with Crippen LogP contribution in [-0.2, 0) is 4.79 Å². The predicted molar refractivity (Wildman–Crippen MR) is 68.5 cm³/mol. The zero-order chi connectivity index (χ0) is 12.7. The first-order chi connectivity index (χ1) is 8.20. The van der Waals surface area contributed by atoms with Crippen molar-refractivity contribution in [1.82, 2.24) is 4.90 Å². The summed E-state index contributed by atoms with van der Waals surface area (Å²) in [6.07, 6.45) is 6.03. The summed E-state index contributed by atoms with van der Waals surface area (Å²) in [5.74, 6) is 0.812. The normalized spacial score (nSPS) is 23.9. The monoisotopic (exact) mass is 242 g/mol. The van der Waals surface area contributed by atoms with Crippen molar-refractivity contribution < 1.29 is 9.90 Å². The van der Waals surface area contributed by atoms with Crippen molar-refractivity contribution in [1.29, 1.82) is 0 Å². The van der Waals surface area contributed by atoms with Gasteiger partial charge in [0.1, 0.15) is 0 Å². The minimum absolute atomic E-state index is 0.155. The summed E-state index contributed by atoms with van der Waals surface area (Å²) in [6.45, 7) is 1.68. The maximum absolute atomic E-state index is 12.2. The minimum Gasteiger partial charge on any atom is -0.396 e. The fourth-order valence-electron chi connectivity index (χ4n) is 2.67. The van der Waals surface area contributed by atoms with Crippen LogP contribution in [0.4, 0.5) is 0 Å². The fourth-order valence-corrected chi connectivity index (χ4v) is 2.67. The molecule has 1 saturated carbocycles. The quantitative estimate of drug-likeness (QED) is 0.654. The molecule has 3 N–H and O–H groups in total.